The van der Waals surface area contributed by atoms with Crippen LogP contribution in [0.3, 0.4) is 0 Å². The molecule has 1 saturated heterocycles. The highest BCUT2D eigenvalue weighted by Crippen LogP contribution is 2.20. The first-order valence-corrected chi connectivity index (χ1v) is 6.14. The van der Waals surface area contributed by atoms with Gasteiger partial charge >= 0.3 is 0 Å². The Bertz CT molecular complexity index is 171. The van der Waals surface area contributed by atoms with Crippen LogP contribution in [0, 0.1) is 0 Å². The number of methoxy groups -OCH3 is 1. The predicted molar refractivity (Wildman–Crippen MR) is 62.0 cm³/mol. The van der Waals surface area contributed by atoms with Crippen molar-refractivity contribution < 1.29 is 9.84 Å². The van der Waals surface area contributed by atoms with Gasteiger partial charge in [0, 0.05) is 13.2 Å². The van der Waals surface area contributed by atoms with Crippen LogP contribution in [0.25, 0.3) is 0 Å². The van der Waals surface area contributed by atoms with E-state index in [9.17, 15) is 0 Å². The summed E-state index contributed by atoms with van der Waals surface area (Å²) in [6.45, 7) is 6.81. The van der Waals surface area contributed by atoms with Crippen molar-refractivity contribution in [2.75, 3.05) is 20.2 Å². The first-order chi connectivity index (χ1) is 7.19. The molecule has 0 spiro atoms. The van der Waals surface area contributed by atoms with Crippen molar-refractivity contribution in [1.82, 2.24) is 4.90 Å². The topological polar surface area (TPSA) is 32.7 Å². The fourth-order valence-electron chi connectivity index (χ4n) is 2.01. The number of hydrogen-bond donors (Lipinski definition) is 1. The van der Waals surface area contributed by atoms with E-state index in [1.165, 1.54) is 25.9 Å². The second-order valence-corrected chi connectivity index (χ2v) is 4.51. The van der Waals surface area contributed by atoms with Crippen molar-refractivity contribution in [1.29, 1.82) is 0 Å². The minimum Gasteiger partial charge on any atom is -0.393 e. The standard InChI is InChI=1S/C9H19NO.C3H6O/c1-4-10-7-5-6-9(10)8(2)11-3;4-3-1-2-3/h8-9H,4-7H2,1-3H3;3-4H,1-2H2/t8-,9-;/m0./s1. The van der Waals surface area contributed by atoms with Crippen LogP contribution >= 0.6 is 0 Å². The Hall–Kier alpha value is -0.120. The fraction of sp³-hybridized carbons (Fsp3) is 1.00. The molecule has 0 radical (unpaired) electrons. The molecule has 2 atom stereocenters. The van der Waals surface area contributed by atoms with E-state index in [1.807, 2.05) is 0 Å². The number of hydrogen-bond acceptors (Lipinski definition) is 3. The third-order valence-corrected chi connectivity index (χ3v) is 3.28. The first-order valence-electron chi connectivity index (χ1n) is 6.14. The van der Waals surface area contributed by atoms with Crippen molar-refractivity contribution in [3.05, 3.63) is 0 Å². The largest absolute Gasteiger partial charge is 0.393 e. The Morgan fingerprint density at radius 2 is 2.00 bits per heavy atom. The smallest absolute Gasteiger partial charge is 0.0698 e. The van der Waals surface area contributed by atoms with E-state index in [0.29, 0.717) is 12.1 Å². The molecule has 1 saturated carbocycles. The summed E-state index contributed by atoms with van der Waals surface area (Å²) in [5.41, 5.74) is 0. The molecule has 1 N–H and O–H groups in total. The minimum atomic E-state index is 0.0833. The predicted octanol–water partition coefficient (Wildman–Crippen LogP) is 1.65. The maximum absolute atomic E-state index is 8.17. The SMILES string of the molecule is CCN1CCC[C@H]1[C@H](C)OC.OC1CC1. The summed E-state index contributed by atoms with van der Waals surface area (Å²) in [7, 11) is 1.80. The van der Waals surface area contributed by atoms with E-state index in [2.05, 4.69) is 18.7 Å². The van der Waals surface area contributed by atoms with Gasteiger partial charge in [0.05, 0.1) is 12.2 Å². The molecule has 2 aliphatic rings. The van der Waals surface area contributed by atoms with Gasteiger partial charge in [0.1, 0.15) is 0 Å². The van der Waals surface area contributed by atoms with E-state index >= 15 is 0 Å². The number of likely N-dealkylation sites (tertiary alicyclic amines) is 1. The summed E-state index contributed by atoms with van der Waals surface area (Å²) >= 11 is 0. The van der Waals surface area contributed by atoms with E-state index in [-0.39, 0.29) is 6.10 Å². The van der Waals surface area contributed by atoms with Crippen LogP contribution in [0.1, 0.15) is 39.5 Å². The normalized spacial score (nSPS) is 28.4. The number of rotatable bonds is 3. The summed E-state index contributed by atoms with van der Waals surface area (Å²) in [5, 5.41) is 8.17. The quantitative estimate of drug-likeness (QED) is 0.777. The van der Waals surface area contributed by atoms with Gasteiger partial charge in [-0.15, -0.1) is 0 Å². The minimum absolute atomic E-state index is 0.0833. The van der Waals surface area contributed by atoms with E-state index < -0.39 is 0 Å². The van der Waals surface area contributed by atoms with Crippen LogP contribution in [0.5, 0.6) is 0 Å². The van der Waals surface area contributed by atoms with Crippen LogP contribution in [0.15, 0.2) is 0 Å². The summed E-state index contributed by atoms with van der Waals surface area (Å²) in [4.78, 5) is 2.51. The van der Waals surface area contributed by atoms with E-state index in [0.717, 1.165) is 12.8 Å². The van der Waals surface area contributed by atoms with E-state index in [1.54, 1.807) is 7.11 Å². The lowest BCUT2D eigenvalue weighted by molar-refractivity contribution is 0.0459. The van der Waals surface area contributed by atoms with Gasteiger partial charge in [0.15, 0.2) is 0 Å². The molecule has 2 fully saturated rings. The van der Waals surface area contributed by atoms with Crippen molar-refractivity contribution in [3.8, 4) is 0 Å². The molecule has 0 aromatic heterocycles. The molecule has 0 bridgehead atoms. The summed E-state index contributed by atoms with van der Waals surface area (Å²) in [5.74, 6) is 0. The van der Waals surface area contributed by atoms with Gasteiger partial charge in [-0.25, -0.2) is 0 Å². The summed E-state index contributed by atoms with van der Waals surface area (Å²) in [6.07, 6.45) is 5.21. The zero-order valence-corrected chi connectivity index (χ0v) is 10.3. The fourth-order valence-corrected chi connectivity index (χ4v) is 2.01. The summed E-state index contributed by atoms with van der Waals surface area (Å²) in [6, 6.07) is 0.671. The lowest BCUT2D eigenvalue weighted by Gasteiger charge is -2.27. The average molecular weight is 215 g/mol. The van der Waals surface area contributed by atoms with Crippen LogP contribution in [-0.2, 0) is 4.74 Å². The van der Waals surface area contributed by atoms with Crippen molar-refractivity contribution in [2.45, 2.75) is 57.8 Å². The third kappa shape index (κ3) is 4.49. The second-order valence-electron chi connectivity index (χ2n) is 4.51. The molecule has 0 amide bonds. The Kier molecular flexibility index (Phi) is 5.58. The van der Waals surface area contributed by atoms with Gasteiger partial charge in [-0.2, -0.15) is 0 Å². The van der Waals surface area contributed by atoms with Crippen LogP contribution in [0.2, 0.25) is 0 Å². The lowest BCUT2D eigenvalue weighted by atomic mass is 10.1. The molecule has 1 aliphatic carbocycles. The van der Waals surface area contributed by atoms with Crippen molar-refractivity contribution >= 4 is 0 Å². The van der Waals surface area contributed by atoms with Crippen molar-refractivity contribution in [3.63, 3.8) is 0 Å². The third-order valence-electron chi connectivity index (χ3n) is 3.28. The summed E-state index contributed by atoms with van der Waals surface area (Å²) < 4.78 is 5.32. The number of ether oxygens (including phenoxy) is 1. The highest BCUT2D eigenvalue weighted by atomic mass is 16.5. The second kappa shape index (κ2) is 6.46. The lowest BCUT2D eigenvalue weighted by Crippen LogP contribution is -2.38. The van der Waals surface area contributed by atoms with Crippen LogP contribution < -0.4 is 0 Å². The van der Waals surface area contributed by atoms with Gasteiger partial charge in [-0.1, -0.05) is 6.92 Å². The Balaban J connectivity index is 0.000000234. The Morgan fingerprint density at radius 1 is 1.40 bits per heavy atom. The molecule has 0 unspecified atom stereocenters. The molecule has 3 heteroatoms. The Morgan fingerprint density at radius 3 is 2.40 bits per heavy atom. The number of aliphatic hydroxyl groups is 1. The van der Waals surface area contributed by atoms with Gasteiger partial charge < -0.3 is 9.84 Å². The molecular formula is C12H25NO2. The van der Waals surface area contributed by atoms with Gasteiger partial charge in [0.2, 0.25) is 0 Å². The highest BCUT2D eigenvalue weighted by molar-refractivity contribution is 4.82. The first kappa shape index (κ1) is 12.9. The number of aliphatic hydroxyl groups excluding tert-OH is 1. The number of likely N-dealkylation sites (N-methyl/N-ethyl adjacent to an activating group) is 1. The maximum atomic E-state index is 8.17. The zero-order chi connectivity index (χ0) is 11.3. The molecule has 0 aromatic carbocycles. The Labute approximate surface area is 93.4 Å². The monoisotopic (exact) mass is 215 g/mol. The van der Waals surface area contributed by atoms with E-state index in [4.69, 9.17) is 9.84 Å². The number of nitrogens with zero attached hydrogens (tertiary/aromatic N) is 1. The van der Waals surface area contributed by atoms with Crippen LogP contribution in [-0.4, -0.2) is 48.5 Å². The van der Waals surface area contributed by atoms with Gasteiger partial charge in [-0.3, -0.25) is 4.90 Å². The highest BCUT2D eigenvalue weighted by Gasteiger charge is 2.27. The van der Waals surface area contributed by atoms with Gasteiger partial charge in [0.25, 0.3) is 0 Å². The molecule has 1 aliphatic heterocycles. The average Bonchev–Trinajstić information content (AvgIpc) is 2.90. The van der Waals surface area contributed by atoms with Crippen molar-refractivity contribution in [2.24, 2.45) is 0 Å². The van der Waals surface area contributed by atoms with Gasteiger partial charge in [-0.05, 0) is 45.7 Å². The van der Waals surface area contributed by atoms with Crippen LogP contribution in [0.4, 0.5) is 0 Å². The molecule has 0 aromatic rings. The molecule has 1 heterocycles. The molecular weight excluding hydrogens is 190 g/mol. The molecule has 3 nitrogen and oxygen atoms in total. The molecule has 90 valence electrons. The maximum Gasteiger partial charge on any atom is 0.0698 e. The zero-order valence-electron chi connectivity index (χ0n) is 10.3. The molecule has 2 rings (SSSR count). The molecule has 15 heavy (non-hydrogen) atoms.